The van der Waals surface area contributed by atoms with E-state index in [1.807, 2.05) is 24.4 Å². The van der Waals surface area contributed by atoms with Crippen molar-refractivity contribution in [2.75, 3.05) is 0 Å². The van der Waals surface area contributed by atoms with E-state index in [0.717, 1.165) is 11.1 Å². The van der Waals surface area contributed by atoms with Gasteiger partial charge in [-0.1, -0.05) is 5.92 Å². The fourth-order valence-electron chi connectivity index (χ4n) is 1.01. The third kappa shape index (κ3) is 0.870. The van der Waals surface area contributed by atoms with Crippen LogP contribution >= 0.6 is 0 Å². The van der Waals surface area contributed by atoms with Crippen molar-refractivity contribution in [1.29, 1.82) is 0 Å². The quantitative estimate of drug-likeness (QED) is 0.507. The topological polar surface area (TPSA) is 17.3 Å². The Bertz CT molecular complexity index is 420. The Labute approximate surface area is 64.5 Å². The summed E-state index contributed by atoms with van der Waals surface area (Å²) < 4.78 is 1.78. The highest BCUT2D eigenvalue weighted by Crippen LogP contribution is 2.04. The number of hydrogen-bond donors (Lipinski definition) is 0. The number of nitrogens with zero attached hydrogens (tertiary/aromatic N) is 2. The molecule has 0 bridgehead atoms. The largest absolute Gasteiger partial charge is 0.241 e. The van der Waals surface area contributed by atoms with E-state index in [-0.39, 0.29) is 0 Å². The molecule has 11 heavy (non-hydrogen) atoms. The van der Waals surface area contributed by atoms with E-state index in [9.17, 15) is 0 Å². The summed E-state index contributed by atoms with van der Waals surface area (Å²) in [7, 11) is 0. The Kier molecular flexibility index (Phi) is 1.16. The molecule has 0 saturated carbocycles. The number of aromatic nitrogens is 2. The number of hydrogen-bond acceptors (Lipinski definition) is 1. The van der Waals surface area contributed by atoms with Gasteiger partial charge in [0.1, 0.15) is 0 Å². The third-order valence-electron chi connectivity index (χ3n) is 1.57. The van der Waals surface area contributed by atoms with Gasteiger partial charge in [0.05, 0.1) is 5.52 Å². The summed E-state index contributed by atoms with van der Waals surface area (Å²) >= 11 is 0. The molecule has 0 fully saturated rings. The Morgan fingerprint density at radius 2 is 2.36 bits per heavy atom. The molecule has 52 valence electrons. The molecule has 0 aliphatic carbocycles. The predicted molar refractivity (Wildman–Crippen MR) is 43.1 cm³/mol. The van der Waals surface area contributed by atoms with E-state index in [1.165, 1.54) is 0 Å². The first-order valence-electron chi connectivity index (χ1n) is 3.30. The second kappa shape index (κ2) is 2.14. The predicted octanol–water partition coefficient (Wildman–Crippen LogP) is 1.32. The molecule has 0 atom stereocenters. The molecule has 2 heterocycles. The van der Waals surface area contributed by atoms with Gasteiger partial charge in [0.15, 0.2) is 0 Å². The summed E-state index contributed by atoms with van der Waals surface area (Å²) in [4.78, 5) is 0. The summed E-state index contributed by atoms with van der Waals surface area (Å²) in [5.74, 6) is 2.57. The first-order valence-corrected chi connectivity index (χ1v) is 3.30. The zero-order valence-corrected chi connectivity index (χ0v) is 5.86. The van der Waals surface area contributed by atoms with Crippen LogP contribution in [-0.4, -0.2) is 9.61 Å². The average molecular weight is 142 g/mol. The highest BCUT2D eigenvalue weighted by atomic mass is 15.2. The van der Waals surface area contributed by atoms with Gasteiger partial charge in [0.2, 0.25) is 0 Å². The minimum atomic E-state index is 0.887. The van der Waals surface area contributed by atoms with Crippen LogP contribution in [-0.2, 0) is 0 Å². The zero-order valence-electron chi connectivity index (χ0n) is 5.86. The summed E-state index contributed by atoms with van der Waals surface area (Å²) in [5.41, 5.74) is 1.92. The van der Waals surface area contributed by atoms with Crippen molar-refractivity contribution < 1.29 is 0 Å². The molecular weight excluding hydrogens is 136 g/mol. The highest BCUT2D eigenvalue weighted by Gasteiger charge is 1.91. The molecule has 0 aliphatic rings. The van der Waals surface area contributed by atoms with Gasteiger partial charge in [0.25, 0.3) is 0 Å². The fourth-order valence-corrected chi connectivity index (χ4v) is 1.01. The Morgan fingerprint density at radius 3 is 3.18 bits per heavy atom. The second-order valence-corrected chi connectivity index (χ2v) is 2.26. The van der Waals surface area contributed by atoms with Crippen LogP contribution in [0.15, 0.2) is 30.6 Å². The van der Waals surface area contributed by atoms with Crippen molar-refractivity contribution in [3.63, 3.8) is 0 Å². The third-order valence-corrected chi connectivity index (χ3v) is 1.57. The van der Waals surface area contributed by atoms with Gasteiger partial charge >= 0.3 is 0 Å². The van der Waals surface area contributed by atoms with Crippen molar-refractivity contribution >= 4 is 5.52 Å². The Morgan fingerprint density at radius 1 is 1.45 bits per heavy atom. The second-order valence-electron chi connectivity index (χ2n) is 2.26. The van der Waals surface area contributed by atoms with Crippen LogP contribution in [0.2, 0.25) is 0 Å². The zero-order chi connectivity index (χ0) is 7.68. The van der Waals surface area contributed by atoms with Crippen LogP contribution in [0.25, 0.3) is 5.52 Å². The average Bonchev–Trinajstić information content (AvgIpc) is 2.50. The molecule has 2 heteroatoms. The molecule has 0 radical (unpaired) electrons. The Balaban J connectivity index is 2.79. The van der Waals surface area contributed by atoms with Crippen LogP contribution in [0.1, 0.15) is 5.56 Å². The summed E-state index contributed by atoms with van der Waals surface area (Å²) in [6.45, 7) is 0. The molecule has 0 saturated heterocycles. The van der Waals surface area contributed by atoms with Gasteiger partial charge in [-0.25, -0.2) is 4.52 Å². The van der Waals surface area contributed by atoms with Crippen LogP contribution in [0.5, 0.6) is 0 Å². The van der Waals surface area contributed by atoms with Gasteiger partial charge in [-0.15, -0.1) is 6.42 Å². The van der Waals surface area contributed by atoms with E-state index in [2.05, 4.69) is 11.0 Å². The summed E-state index contributed by atoms with van der Waals surface area (Å²) in [6, 6.07) is 5.70. The molecule has 0 aromatic carbocycles. The summed E-state index contributed by atoms with van der Waals surface area (Å²) in [5, 5.41) is 4.04. The maximum absolute atomic E-state index is 5.23. The van der Waals surface area contributed by atoms with E-state index < -0.39 is 0 Å². The van der Waals surface area contributed by atoms with E-state index in [1.54, 1.807) is 10.7 Å². The molecule has 0 N–H and O–H groups in total. The molecule has 0 spiro atoms. The van der Waals surface area contributed by atoms with Gasteiger partial charge < -0.3 is 0 Å². The normalized spacial score (nSPS) is 9.73. The number of terminal acetylenes is 1. The number of fused-ring (bicyclic) bond motifs is 1. The number of pyridine rings is 1. The molecule has 2 aromatic rings. The van der Waals surface area contributed by atoms with Crippen molar-refractivity contribution in [1.82, 2.24) is 9.61 Å². The highest BCUT2D eigenvalue weighted by molar-refractivity contribution is 5.51. The molecule has 2 rings (SSSR count). The molecule has 0 amide bonds. The first kappa shape index (κ1) is 5.99. The lowest BCUT2D eigenvalue weighted by Gasteiger charge is -1.92. The maximum atomic E-state index is 5.23. The molecule has 0 aliphatic heterocycles. The Hall–Kier alpha value is -1.75. The monoisotopic (exact) mass is 142 g/mol. The van der Waals surface area contributed by atoms with Crippen LogP contribution in [0, 0.1) is 12.3 Å². The lowest BCUT2D eigenvalue weighted by atomic mass is 10.2. The van der Waals surface area contributed by atoms with Crippen molar-refractivity contribution in [2.45, 2.75) is 0 Å². The van der Waals surface area contributed by atoms with Crippen molar-refractivity contribution in [2.24, 2.45) is 0 Å². The van der Waals surface area contributed by atoms with Gasteiger partial charge in [-0.05, 0) is 18.2 Å². The number of rotatable bonds is 0. The fraction of sp³-hybridized carbons (Fsp3) is 0. The van der Waals surface area contributed by atoms with Crippen LogP contribution in [0.3, 0.4) is 0 Å². The van der Waals surface area contributed by atoms with Gasteiger partial charge in [-0.2, -0.15) is 5.10 Å². The maximum Gasteiger partial charge on any atom is 0.0673 e. The van der Waals surface area contributed by atoms with E-state index >= 15 is 0 Å². The summed E-state index contributed by atoms with van der Waals surface area (Å²) in [6.07, 6.45) is 8.83. The van der Waals surface area contributed by atoms with Crippen LogP contribution in [0.4, 0.5) is 0 Å². The molecule has 2 aromatic heterocycles. The van der Waals surface area contributed by atoms with Crippen LogP contribution < -0.4 is 0 Å². The van der Waals surface area contributed by atoms with Crippen molar-refractivity contribution in [3.8, 4) is 12.3 Å². The van der Waals surface area contributed by atoms with Crippen molar-refractivity contribution in [3.05, 3.63) is 36.2 Å². The van der Waals surface area contributed by atoms with E-state index in [4.69, 9.17) is 6.42 Å². The van der Waals surface area contributed by atoms with Gasteiger partial charge in [0, 0.05) is 18.0 Å². The molecule has 2 nitrogen and oxygen atoms in total. The minimum absolute atomic E-state index is 0.887. The molecule has 0 unspecified atom stereocenters. The smallest absolute Gasteiger partial charge is 0.0673 e. The van der Waals surface area contributed by atoms with E-state index in [0.29, 0.717) is 0 Å². The lowest BCUT2D eigenvalue weighted by Crippen LogP contribution is -1.85. The minimum Gasteiger partial charge on any atom is -0.241 e. The van der Waals surface area contributed by atoms with Gasteiger partial charge in [-0.3, -0.25) is 0 Å². The lowest BCUT2D eigenvalue weighted by molar-refractivity contribution is 0.960. The molecular formula is C9H6N2. The standard InChI is InChI=1S/C9H6N2/c1-2-8-4-6-11-9(7-8)3-5-10-11/h1,3-7H. The SMILES string of the molecule is C#Cc1ccn2nccc2c1. The first-order chi connectivity index (χ1) is 5.40.